The van der Waals surface area contributed by atoms with Crippen LogP contribution >= 0.6 is 11.8 Å². The molecule has 7 heteroatoms. The van der Waals surface area contributed by atoms with Gasteiger partial charge in [0.05, 0.1) is 16.5 Å². The molecule has 1 aromatic carbocycles. The second kappa shape index (κ2) is 7.12. The largest absolute Gasteiger partial charge is 0.274 e. The molecular formula is C20H16FN3O2S. The van der Waals surface area contributed by atoms with Gasteiger partial charge >= 0.3 is 0 Å². The van der Waals surface area contributed by atoms with Gasteiger partial charge in [0.1, 0.15) is 16.9 Å². The van der Waals surface area contributed by atoms with Crippen molar-refractivity contribution in [1.82, 2.24) is 4.98 Å². The molecule has 0 radical (unpaired) electrons. The summed E-state index contributed by atoms with van der Waals surface area (Å²) in [6, 6.07) is 9.28. The number of hydrogen-bond donors (Lipinski definition) is 0. The van der Waals surface area contributed by atoms with Crippen LogP contribution in [0.1, 0.15) is 36.1 Å². The topological polar surface area (TPSA) is 74.1 Å². The number of nitriles is 1. The number of aromatic nitrogens is 1. The number of benzene rings is 1. The van der Waals surface area contributed by atoms with E-state index in [2.05, 4.69) is 11.1 Å². The molecule has 0 saturated carbocycles. The molecule has 1 aliphatic carbocycles. The van der Waals surface area contributed by atoms with Crippen LogP contribution in [0.2, 0.25) is 0 Å². The van der Waals surface area contributed by atoms with E-state index in [0.29, 0.717) is 16.3 Å². The minimum atomic E-state index is -0.635. The monoisotopic (exact) mass is 381 g/mol. The van der Waals surface area contributed by atoms with E-state index in [-0.39, 0.29) is 18.2 Å². The summed E-state index contributed by atoms with van der Waals surface area (Å²) in [6.45, 7) is 0. The van der Waals surface area contributed by atoms with E-state index in [1.807, 2.05) is 6.07 Å². The maximum Gasteiger partial charge on any atom is 0.247 e. The summed E-state index contributed by atoms with van der Waals surface area (Å²) in [5.74, 6) is -1.12. The van der Waals surface area contributed by atoms with E-state index in [9.17, 15) is 19.2 Å². The van der Waals surface area contributed by atoms with Crippen LogP contribution in [0.4, 0.5) is 10.1 Å². The Morgan fingerprint density at radius 2 is 1.93 bits per heavy atom. The van der Waals surface area contributed by atoms with Crippen LogP contribution in [0.3, 0.4) is 0 Å². The molecule has 0 spiro atoms. The first-order valence-electron chi connectivity index (χ1n) is 8.78. The Balaban J connectivity index is 1.60. The first-order valence-corrected chi connectivity index (χ1v) is 9.66. The summed E-state index contributed by atoms with van der Waals surface area (Å²) in [6.07, 6.45) is 3.98. The number of thioether (sulfide) groups is 1. The highest BCUT2D eigenvalue weighted by atomic mass is 32.2. The smallest absolute Gasteiger partial charge is 0.247 e. The lowest BCUT2D eigenvalue weighted by Gasteiger charge is -2.18. The Labute approximate surface area is 160 Å². The predicted molar refractivity (Wildman–Crippen MR) is 98.7 cm³/mol. The maximum absolute atomic E-state index is 13.1. The van der Waals surface area contributed by atoms with Crippen molar-refractivity contribution < 1.29 is 14.0 Å². The summed E-state index contributed by atoms with van der Waals surface area (Å²) < 4.78 is 13.1. The molecule has 0 bridgehead atoms. The van der Waals surface area contributed by atoms with Gasteiger partial charge < -0.3 is 0 Å². The maximum atomic E-state index is 13.1. The zero-order chi connectivity index (χ0) is 19.0. The Hall–Kier alpha value is -2.72. The highest BCUT2D eigenvalue weighted by Gasteiger charge is 2.40. The SMILES string of the molecule is N#Cc1cc2c(nc1SC1CC(=O)N(c3ccc(F)cc3)C1=O)CCCC2. The normalized spacial score (nSPS) is 19.1. The van der Waals surface area contributed by atoms with Crippen LogP contribution in [0, 0.1) is 17.1 Å². The number of pyridine rings is 1. The standard InChI is InChI=1S/C20H16FN3O2S/c21-14-5-7-15(8-6-14)24-18(25)10-17(20(24)26)27-19-13(11-22)9-12-3-1-2-4-16(12)23-19/h5-9,17H,1-4,10H2. The van der Waals surface area contributed by atoms with Crippen molar-refractivity contribution in [2.24, 2.45) is 0 Å². The lowest BCUT2D eigenvalue weighted by Crippen LogP contribution is -2.31. The molecule has 4 rings (SSSR count). The fraction of sp³-hybridized carbons (Fsp3) is 0.300. The molecule has 1 saturated heterocycles. The lowest BCUT2D eigenvalue weighted by molar-refractivity contribution is -0.121. The van der Waals surface area contributed by atoms with Gasteiger partial charge in [-0.05, 0) is 61.6 Å². The highest BCUT2D eigenvalue weighted by Crippen LogP contribution is 2.36. The van der Waals surface area contributed by atoms with Crippen molar-refractivity contribution in [1.29, 1.82) is 5.26 Å². The molecule has 1 atom stereocenters. The second-order valence-electron chi connectivity index (χ2n) is 6.62. The Morgan fingerprint density at radius 1 is 1.19 bits per heavy atom. The molecule has 136 valence electrons. The van der Waals surface area contributed by atoms with Crippen LogP contribution in [-0.2, 0) is 22.4 Å². The number of carbonyl (C=O) groups excluding carboxylic acids is 2. The van der Waals surface area contributed by atoms with E-state index in [1.54, 1.807) is 0 Å². The van der Waals surface area contributed by atoms with Crippen LogP contribution in [0.25, 0.3) is 0 Å². The molecule has 1 fully saturated rings. The van der Waals surface area contributed by atoms with Gasteiger partial charge in [-0.1, -0.05) is 11.8 Å². The minimum absolute atomic E-state index is 0.0323. The number of anilines is 1. The molecule has 1 aromatic heterocycles. The number of fused-ring (bicyclic) bond motifs is 1. The van der Waals surface area contributed by atoms with Crippen molar-refractivity contribution >= 4 is 29.3 Å². The Kier molecular flexibility index (Phi) is 4.66. The van der Waals surface area contributed by atoms with E-state index in [1.165, 1.54) is 36.0 Å². The van der Waals surface area contributed by atoms with E-state index < -0.39 is 11.1 Å². The molecule has 2 amide bonds. The number of imide groups is 1. The van der Waals surface area contributed by atoms with Crippen LogP contribution < -0.4 is 4.90 Å². The molecule has 27 heavy (non-hydrogen) atoms. The van der Waals surface area contributed by atoms with Gasteiger partial charge in [0.25, 0.3) is 0 Å². The lowest BCUT2D eigenvalue weighted by atomic mass is 9.95. The number of hydrogen-bond acceptors (Lipinski definition) is 5. The third kappa shape index (κ3) is 3.33. The van der Waals surface area contributed by atoms with Gasteiger partial charge in [-0.15, -0.1) is 0 Å². The molecule has 0 N–H and O–H groups in total. The van der Waals surface area contributed by atoms with E-state index >= 15 is 0 Å². The highest BCUT2D eigenvalue weighted by molar-refractivity contribution is 8.00. The predicted octanol–water partition coefficient (Wildman–Crippen LogP) is 3.40. The molecule has 2 aliphatic rings. The molecule has 1 aliphatic heterocycles. The summed E-state index contributed by atoms with van der Waals surface area (Å²) in [5, 5.41) is 9.34. The average Bonchev–Trinajstić information content (AvgIpc) is 2.95. The fourth-order valence-corrected chi connectivity index (χ4v) is 4.57. The minimum Gasteiger partial charge on any atom is -0.274 e. The number of nitrogens with zero attached hydrogens (tertiary/aromatic N) is 3. The fourth-order valence-electron chi connectivity index (χ4n) is 3.48. The molecular weight excluding hydrogens is 365 g/mol. The van der Waals surface area contributed by atoms with Gasteiger partial charge in [0.15, 0.2) is 0 Å². The summed E-state index contributed by atoms with van der Waals surface area (Å²) in [5.41, 5.74) is 2.88. The zero-order valence-corrected chi connectivity index (χ0v) is 15.3. The third-order valence-electron chi connectivity index (χ3n) is 4.83. The number of amides is 2. The first-order chi connectivity index (χ1) is 13.1. The number of aryl methyl sites for hydroxylation is 2. The molecule has 1 unspecified atom stereocenters. The van der Waals surface area contributed by atoms with Gasteiger partial charge in [-0.25, -0.2) is 14.3 Å². The number of halogens is 1. The average molecular weight is 381 g/mol. The van der Waals surface area contributed by atoms with Gasteiger partial charge in [0, 0.05) is 12.1 Å². The van der Waals surface area contributed by atoms with Gasteiger partial charge in [0.2, 0.25) is 11.8 Å². The van der Waals surface area contributed by atoms with Crippen molar-refractivity contribution in [2.45, 2.75) is 42.4 Å². The molecule has 2 heterocycles. The molecule has 5 nitrogen and oxygen atoms in total. The Bertz CT molecular complexity index is 968. The van der Waals surface area contributed by atoms with Crippen LogP contribution in [0.15, 0.2) is 35.4 Å². The van der Waals surface area contributed by atoms with E-state index in [0.717, 1.165) is 41.8 Å². The van der Waals surface area contributed by atoms with Gasteiger partial charge in [-0.2, -0.15) is 5.26 Å². The summed E-state index contributed by atoms with van der Waals surface area (Å²) >= 11 is 1.17. The Morgan fingerprint density at radius 3 is 2.67 bits per heavy atom. The van der Waals surface area contributed by atoms with Crippen LogP contribution in [-0.4, -0.2) is 22.0 Å². The quantitative estimate of drug-likeness (QED) is 0.762. The van der Waals surface area contributed by atoms with Crippen molar-refractivity contribution in [3.05, 3.63) is 53.0 Å². The zero-order valence-electron chi connectivity index (χ0n) is 14.4. The summed E-state index contributed by atoms with van der Waals surface area (Å²) in [7, 11) is 0. The third-order valence-corrected chi connectivity index (χ3v) is 6.02. The van der Waals surface area contributed by atoms with E-state index in [4.69, 9.17) is 0 Å². The summed E-state index contributed by atoms with van der Waals surface area (Å²) in [4.78, 5) is 30.9. The van der Waals surface area contributed by atoms with Crippen molar-refractivity contribution in [2.75, 3.05) is 4.90 Å². The van der Waals surface area contributed by atoms with Crippen molar-refractivity contribution in [3.8, 4) is 6.07 Å². The number of carbonyl (C=O) groups is 2. The number of rotatable bonds is 3. The van der Waals surface area contributed by atoms with Crippen molar-refractivity contribution in [3.63, 3.8) is 0 Å². The van der Waals surface area contributed by atoms with Gasteiger partial charge in [-0.3, -0.25) is 9.59 Å². The molecule has 2 aromatic rings. The first kappa shape index (κ1) is 17.7. The van der Waals surface area contributed by atoms with Crippen LogP contribution in [0.5, 0.6) is 0 Å². The second-order valence-corrected chi connectivity index (χ2v) is 7.81.